The van der Waals surface area contributed by atoms with Crippen molar-refractivity contribution < 1.29 is 0 Å². The third-order valence-corrected chi connectivity index (χ3v) is 3.45. The molecule has 1 N–H and O–H groups in total. The molecule has 0 aliphatic heterocycles. The van der Waals surface area contributed by atoms with Crippen LogP contribution in [0.1, 0.15) is 18.9 Å². The minimum absolute atomic E-state index is 0.664. The lowest BCUT2D eigenvalue weighted by Crippen LogP contribution is -1.93. The monoisotopic (exact) mass is 246 g/mol. The second-order valence-corrected chi connectivity index (χ2v) is 5.50. The van der Waals surface area contributed by atoms with E-state index in [1.54, 1.807) is 11.3 Å². The summed E-state index contributed by atoms with van der Waals surface area (Å²) in [4.78, 5) is 4.69. The van der Waals surface area contributed by atoms with E-state index in [-0.39, 0.29) is 0 Å². The quantitative estimate of drug-likeness (QED) is 0.880. The lowest BCUT2D eigenvalue weighted by molar-refractivity contribution is 0.645. The molecule has 0 unspecified atom stereocenters. The SMILES string of the molecule is CNc1cccc(-c2csc(CC(C)C)n2)c1. The van der Waals surface area contributed by atoms with Crippen molar-refractivity contribution in [2.45, 2.75) is 20.3 Å². The molecule has 3 heteroatoms. The fourth-order valence-electron chi connectivity index (χ4n) is 1.72. The molecular weight excluding hydrogens is 228 g/mol. The summed E-state index contributed by atoms with van der Waals surface area (Å²) in [6, 6.07) is 8.36. The zero-order valence-electron chi connectivity index (χ0n) is 10.5. The van der Waals surface area contributed by atoms with Crippen molar-refractivity contribution in [1.29, 1.82) is 0 Å². The second-order valence-electron chi connectivity index (χ2n) is 4.56. The van der Waals surface area contributed by atoms with Gasteiger partial charge in [0.05, 0.1) is 10.7 Å². The molecule has 17 heavy (non-hydrogen) atoms. The van der Waals surface area contributed by atoms with E-state index in [1.165, 1.54) is 10.6 Å². The van der Waals surface area contributed by atoms with Crippen molar-refractivity contribution in [2.24, 2.45) is 5.92 Å². The second kappa shape index (κ2) is 5.32. The van der Waals surface area contributed by atoms with Crippen molar-refractivity contribution in [3.8, 4) is 11.3 Å². The fraction of sp³-hybridized carbons (Fsp3) is 0.357. The van der Waals surface area contributed by atoms with E-state index in [4.69, 9.17) is 0 Å². The van der Waals surface area contributed by atoms with E-state index >= 15 is 0 Å². The molecule has 1 heterocycles. The zero-order valence-corrected chi connectivity index (χ0v) is 11.3. The highest BCUT2D eigenvalue weighted by Gasteiger charge is 2.06. The fourth-order valence-corrected chi connectivity index (χ4v) is 2.74. The molecule has 0 aliphatic carbocycles. The largest absolute Gasteiger partial charge is 0.388 e. The Balaban J connectivity index is 2.24. The van der Waals surface area contributed by atoms with E-state index in [9.17, 15) is 0 Å². The van der Waals surface area contributed by atoms with E-state index in [2.05, 4.69) is 53.8 Å². The number of anilines is 1. The predicted molar refractivity (Wildman–Crippen MR) is 75.6 cm³/mol. The third kappa shape index (κ3) is 3.07. The van der Waals surface area contributed by atoms with Crippen molar-refractivity contribution in [3.63, 3.8) is 0 Å². The van der Waals surface area contributed by atoms with Crippen LogP contribution in [0.15, 0.2) is 29.6 Å². The molecule has 0 spiro atoms. The molecule has 0 aliphatic rings. The van der Waals surface area contributed by atoms with Gasteiger partial charge in [-0.2, -0.15) is 0 Å². The van der Waals surface area contributed by atoms with Crippen LogP contribution in [-0.4, -0.2) is 12.0 Å². The number of hydrogen-bond acceptors (Lipinski definition) is 3. The number of thiazole rings is 1. The molecule has 2 rings (SSSR count). The minimum Gasteiger partial charge on any atom is -0.388 e. The summed E-state index contributed by atoms with van der Waals surface area (Å²) in [5.41, 5.74) is 3.40. The summed E-state index contributed by atoms with van der Waals surface area (Å²) in [6.07, 6.45) is 1.07. The maximum absolute atomic E-state index is 4.69. The number of nitrogens with one attached hydrogen (secondary N) is 1. The van der Waals surface area contributed by atoms with Crippen molar-refractivity contribution in [3.05, 3.63) is 34.7 Å². The number of rotatable bonds is 4. The molecule has 90 valence electrons. The van der Waals surface area contributed by atoms with Crippen LogP contribution in [0.25, 0.3) is 11.3 Å². The number of aromatic nitrogens is 1. The number of benzene rings is 1. The van der Waals surface area contributed by atoms with Gasteiger partial charge in [0.25, 0.3) is 0 Å². The van der Waals surface area contributed by atoms with Gasteiger partial charge in [0.1, 0.15) is 0 Å². The van der Waals surface area contributed by atoms with E-state index in [1.807, 2.05) is 7.05 Å². The Morgan fingerprint density at radius 2 is 2.18 bits per heavy atom. The average Bonchev–Trinajstić information content (AvgIpc) is 2.77. The van der Waals surface area contributed by atoms with Gasteiger partial charge in [0.2, 0.25) is 0 Å². The molecule has 0 fully saturated rings. The van der Waals surface area contributed by atoms with Crippen LogP contribution in [0, 0.1) is 5.92 Å². The van der Waals surface area contributed by atoms with Gasteiger partial charge in [-0.05, 0) is 18.1 Å². The Morgan fingerprint density at radius 3 is 2.88 bits per heavy atom. The lowest BCUT2D eigenvalue weighted by Gasteiger charge is -2.02. The average molecular weight is 246 g/mol. The molecule has 0 amide bonds. The van der Waals surface area contributed by atoms with Crippen LogP contribution < -0.4 is 5.32 Å². The Labute approximate surface area is 107 Å². The Bertz CT molecular complexity index is 488. The molecule has 2 nitrogen and oxygen atoms in total. The molecule has 1 aromatic carbocycles. The Morgan fingerprint density at radius 1 is 1.35 bits per heavy atom. The van der Waals surface area contributed by atoms with Crippen LogP contribution in [-0.2, 0) is 6.42 Å². The third-order valence-electron chi connectivity index (χ3n) is 2.58. The standard InChI is InChI=1S/C14H18N2S/c1-10(2)7-14-16-13(9-17-14)11-5-4-6-12(8-11)15-3/h4-6,8-10,15H,7H2,1-3H3. The summed E-state index contributed by atoms with van der Waals surface area (Å²) < 4.78 is 0. The normalized spacial score (nSPS) is 10.8. The van der Waals surface area contributed by atoms with Gasteiger partial charge in [0, 0.05) is 30.1 Å². The van der Waals surface area contributed by atoms with Crippen LogP contribution in [0.2, 0.25) is 0 Å². The van der Waals surface area contributed by atoms with Crippen molar-refractivity contribution in [1.82, 2.24) is 4.98 Å². The summed E-state index contributed by atoms with van der Waals surface area (Å²) >= 11 is 1.75. The van der Waals surface area contributed by atoms with Gasteiger partial charge in [-0.25, -0.2) is 4.98 Å². The van der Waals surface area contributed by atoms with Crippen LogP contribution in [0.4, 0.5) is 5.69 Å². The Kier molecular flexibility index (Phi) is 3.79. The van der Waals surface area contributed by atoms with Gasteiger partial charge in [0.15, 0.2) is 0 Å². The predicted octanol–water partition coefficient (Wildman–Crippen LogP) is 4.05. The first-order chi connectivity index (χ1) is 8.19. The first-order valence-electron chi connectivity index (χ1n) is 5.91. The molecule has 1 aromatic heterocycles. The molecular formula is C14H18N2S. The van der Waals surface area contributed by atoms with Gasteiger partial charge in [-0.15, -0.1) is 11.3 Å². The first kappa shape index (κ1) is 12.1. The zero-order chi connectivity index (χ0) is 12.3. The number of hydrogen-bond donors (Lipinski definition) is 1. The topological polar surface area (TPSA) is 24.9 Å². The van der Waals surface area contributed by atoms with Gasteiger partial charge < -0.3 is 5.32 Å². The van der Waals surface area contributed by atoms with Crippen LogP contribution in [0.5, 0.6) is 0 Å². The van der Waals surface area contributed by atoms with E-state index in [0.29, 0.717) is 5.92 Å². The molecule has 2 aromatic rings. The number of nitrogens with zero attached hydrogens (tertiary/aromatic N) is 1. The van der Waals surface area contributed by atoms with Gasteiger partial charge >= 0.3 is 0 Å². The highest BCUT2D eigenvalue weighted by atomic mass is 32.1. The molecule has 0 bridgehead atoms. The van der Waals surface area contributed by atoms with Crippen LogP contribution >= 0.6 is 11.3 Å². The summed E-state index contributed by atoms with van der Waals surface area (Å²) in [6.45, 7) is 4.45. The van der Waals surface area contributed by atoms with Gasteiger partial charge in [-0.1, -0.05) is 26.0 Å². The highest BCUT2D eigenvalue weighted by molar-refractivity contribution is 7.09. The van der Waals surface area contributed by atoms with E-state index in [0.717, 1.165) is 17.8 Å². The van der Waals surface area contributed by atoms with Crippen LogP contribution in [0.3, 0.4) is 0 Å². The summed E-state index contributed by atoms with van der Waals surface area (Å²) in [5.74, 6) is 0.664. The molecule has 0 saturated heterocycles. The molecule has 0 saturated carbocycles. The summed E-state index contributed by atoms with van der Waals surface area (Å²) in [5, 5.41) is 6.52. The maximum Gasteiger partial charge on any atom is 0.0935 e. The van der Waals surface area contributed by atoms with Gasteiger partial charge in [-0.3, -0.25) is 0 Å². The minimum atomic E-state index is 0.664. The highest BCUT2D eigenvalue weighted by Crippen LogP contribution is 2.25. The summed E-state index contributed by atoms with van der Waals surface area (Å²) in [7, 11) is 1.93. The van der Waals surface area contributed by atoms with E-state index < -0.39 is 0 Å². The smallest absolute Gasteiger partial charge is 0.0935 e. The van der Waals surface area contributed by atoms with Crippen molar-refractivity contribution >= 4 is 17.0 Å². The first-order valence-corrected chi connectivity index (χ1v) is 6.79. The van der Waals surface area contributed by atoms with Crippen molar-refractivity contribution in [2.75, 3.05) is 12.4 Å². The Hall–Kier alpha value is -1.35. The molecule has 0 radical (unpaired) electrons. The molecule has 0 atom stereocenters. The lowest BCUT2D eigenvalue weighted by atomic mass is 10.1. The maximum atomic E-state index is 4.69.